The molecule has 1 saturated heterocycles. The minimum atomic E-state index is -0.882. The van der Waals surface area contributed by atoms with Crippen molar-refractivity contribution >= 4 is 11.7 Å². The highest BCUT2D eigenvalue weighted by Gasteiger charge is 2.21. The standard InChI is InChI=1S/C14H15F2NO2/c15-10-5-6-11(12(16)8-10)13(18)9-17-7-3-1-2-4-14(17)19/h5-6,8H,1-4,7,9H2. The van der Waals surface area contributed by atoms with Crippen LogP contribution in [0.3, 0.4) is 0 Å². The Morgan fingerprint density at radius 1 is 1.21 bits per heavy atom. The summed E-state index contributed by atoms with van der Waals surface area (Å²) in [6.07, 6.45) is 3.07. The van der Waals surface area contributed by atoms with Crippen molar-refractivity contribution in [1.82, 2.24) is 4.90 Å². The van der Waals surface area contributed by atoms with Crippen molar-refractivity contribution in [1.29, 1.82) is 0 Å². The zero-order valence-corrected chi connectivity index (χ0v) is 10.5. The van der Waals surface area contributed by atoms with Crippen LogP contribution in [0.5, 0.6) is 0 Å². The Hall–Kier alpha value is -1.78. The molecule has 2 rings (SSSR count). The fourth-order valence-corrected chi connectivity index (χ4v) is 2.18. The Balaban J connectivity index is 2.09. The molecule has 5 heteroatoms. The molecular formula is C14H15F2NO2. The highest BCUT2D eigenvalue weighted by Crippen LogP contribution is 2.14. The van der Waals surface area contributed by atoms with Crippen molar-refractivity contribution in [3.8, 4) is 0 Å². The molecule has 0 spiro atoms. The molecule has 0 bridgehead atoms. The van der Waals surface area contributed by atoms with Crippen LogP contribution in [0.4, 0.5) is 8.78 Å². The third kappa shape index (κ3) is 3.36. The number of amides is 1. The molecule has 1 aliphatic heterocycles. The van der Waals surface area contributed by atoms with Gasteiger partial charge in [0.1, 0.15) is 11.6 Å². The van der Waals surface area contributed by atoms with Gasteiger partial charge in [-0.25, -0.2) is 8.78 Å². The van der Waals surface area contributed by atoms with Crippen LogP contribution < -0.4 is 0 Å². The van der Waals surface area contributed by atoms with E-state index in [0.717, 1.165) is 31.4 Å². The van der Waals surface area contributed by atoms with Crippen LogP contribution in [-0.4, -0.2) is 29.7 Å². The Bertz CT molecular complexity index is 502. The molecule has 1 amide bonds. The zero-order valence-electron chi connectivity index (χ0n) is 10.5. The molecule has 102 valence electrons. The Morgan fingerprint density at radius 2 is 2.00 bits per heavy atom. The normalized spacial score (nSPS) is 16.3. The molecule has 0 aromatic heterocycles. The number of Topliss-reactive ketones (excluding diaryl/α,β-unsaturated/α-hetero) is 1. The topological polar surface area (TPSA) is 37.4 Å². The van der Waals surface area contributed by atoms with Gasteiger partial charge in [0.25, 0.3) is 0 Å². The second-order valence-corrected chi connectivity index (χ2v) is 4.67. The maximum absolute atomic E-state index is 13.5. The molecule has 1 aromatic carbocycles. The van der Waals surface area contributed by atoms with Gasteiger partial charge in [-0.05, 0) is 25.0 Å². The monoisotopic (exact) mass is 267 g/mol. The quantitative estimate of drug-likeness (QED) is 0.789. The molecule has 1 heterocycles. The van der Waals surface area contributed by atoms with Crippen molar-refractivity contribution in [2.75, 3.05) is 13.1 Å². The molecule has 0 unspecified atom stereocenters. The fourth-order valence-electron chi connectivity index (χ4n) is 2.18. The summed E-state index contributed by atoms with van der Waals surface area (Å²) in [6.45, 7) is 0.384. The van der Waals surface area contributed by atoms with Crippen LogP contribution >= 0.6 is 0 Å². The van der Waals surface area contributed by atoms with Gasteiger partial charge in [-0.15, -0.1) is 0 Å². The molecular weight excluding hydrogens is 252 g/mol. The van der Waals surface area contributed by atoms with Gasteiger partial charge in [-0.1, -0.05) is 6.42 Å². The van der Waals surface area contributed by atoms with E-state index in [2.05, 4.69) is 0 Å². The van der Waals surface area contributed by atoms with E-state index in [9.17, 15) is 18.4 Å². The van der Waals surface area contributed by atoms with Gasteiger partial charge in [-0.2, -0.15) is 0 Å². The second kappa shape index (κ2) is 5.91. The highest BCUT2D eigenvalue weighted by atomic mass is 19.1. The number of ketones is 1. The van der Waals surface area contributed by atoms with Crippen LogP contribution in [0, 0.1) is 11.6 Å². The Labute approximate surface area is 110 Å². The third-order valence-corrected chi connectivity index (χ3v) is 3.24. The molecule has 1 aromatic rings. The first-order chi connectivity index (χ1) is 9.08. The van der Waals surface area contributed by atoms with E-state index in [-0.39, 0.29) is 18.0 Å². The van der Waals surface area contributed by atoms with E-state index in [1.807, 2.05) is 0 Å². The van der Waals surface area contributed by atoms with Gasteiger partial charge in [0.05, 0.1) is 12.1 Å². The van der Waals surface area contributed by atoms with E-state index in [1.54, 1.807) is 0 Å². The van der Waals surface area contributed by atoms with Crippen LogP contribution in [0.1, 0.15) is 36.0 Å². The molecule has 1 aliphatic rings. The molecule has 0 aliphatic carbocycles. The summed E-state index contributed by atoms with van der Waals surface area (Å²) in [5.74, 6) is -2.17. The number of hydrogen-bond donors (Lipinski definition) is 0. The van der Waals surface area contributed by atoms with E-state index in [1.165, 1.54) is 4.90 Å². The summed E-state index contributed by atoms with van der Waals surface area (Å²) in [6, 6.07) is 2.84. The van der Waals surface area contributed by atoms with Gasteiger partial charge < -0.3 is 4.90 Å². The lowest BCUT2D eigenvalue weighted by molar-refractivity contribution is -0.130. The lowest BCUT2D eigenvalue weighted by atomic mass is 10.1. The first-order valence-corrected chi connectivity index (χ1v) is 6.34. The summed E-state index contributed by atoms with van der Waals surface area (Å²) in [7, 11) is 0. The molecule has 1 fully saturated rings. The minimum Gasteiger partial charge on any atom is -0.335 e. The van der Waals surface area contributed by atoms with Gasteiger partial charge in [0, 0.05) is 19.0 Å². The first-order valence-electron chi connectivity index (χ1n) is 6.34. The zero-order chi connectivity index (χ0) is 13.8. The van der Waals surface area contributed by atoms with E-state index in [0.29, 0.717) is 19.0 Å². The maximum Gasteiger partial charge on any atom is 0.222 e. The fraction of sp³-hybridized carbons (Fsp3) is 0.429. The van der Waals surface area contributed by atoms with Crippen LogP contribution in [-0.2, 0) is 4.79 Å². The summed E-state index contributed by atoms with van der Waals surface area (Å²) in [5.41, 5.74) is -0.168. The minimum absolute atomic E-state index is 0.0756. The molecule has 0 saturated carbocycles. The molecule has 3 nitrogen and oxygen atoms in total. The van der Waals surface area contributed by atoms with Crippen molar-refractivity contribution in [3.63, 3.8) is 0 Å². The molecule has 19 heavy (non-hydrogen) atoms. The summed E-state index contributed by atoms with van der Waals surface area (Å²) in [5, 5.41) is 0. The van der Waals surface area contributed by atoms with Crippen molar-refractivity contribution < 1.29 is 18.4 Å². The lowest BCUT2D eigenvalue weighted by Crippen LogP contribution is -2.35. The van der Waals surface area contributed by atoms with Gasteiger partial charge in [0.2, 0.25) is 5.91 Å². The Morgan fingerprint density at radius 3 is 2.74 bits per heavy atom. The van der Waals surface area contributed by atoms with Crippen molar-refractivity contribution in [3.05, 3.63) is 35.4 Å². The van der Waals surface area contributed by atoms with E-state index < -0.39 is 17.4 Å². The predicted molar refractivity (Wildman–Crippen MR) is 65.7 cm³/mol. The summed E-state index contributed by atoms with van der Waals surface area (Å²) >= 11 is 0. The van der Waals surface area contributed by atoms with Gasteiger partial charge in [0.15, 0.2) is 5.78 Å². The molecule has 0 N–H and O–H groups in total. The van der Waals surface area contributed by atoms with Crippen LogP contribution in [0.25, 0.3) is 0 Å². The predicted octanol–water partition coefficient (Wildman–Crippen LogP) is 2.55. The van der Waals surface area contributed by atoms with Crippen molar-refractivity contribution in [2.45, 2.75) is 25.7 Å². The third-order valence-electron chi connectivity index (χ3n) is 3.24. The number of likely N-dealkylation sites (tertiary alicyclic amines) is 1. The molecule has 0 atom stereocenters. The summed E-state index contributed by atoms with van der Waals surface area (Å²) in [4.78, 5) is 25.1. The number of benzene rings is 1. The van der Waals surface area contributed by atoms with Crippen molar-refractivity contribution in [2.24, 2.45) is 0 Å². The number of rotatable bonds is 3. The largest absolute Gasteiger partial charge is 0.335 e. The van der Waals surface area contributed by atoms with Gasteiger partial charge >= 0.3 is 0 Å². The lowest BCUT2D eigenvalue weighted by Gasteiger charge is -2.19. The second-order valence-electron chi connectivity index (χ2n) is 4.67. The number of hydrogen-bond acceptors (Lipinski definition) is 2. The average molecular weight is 267 g/mol. The van der Waals surface area contributed by atoms with Gasteiger partial charge in [-0.3, -0.25) is 9.59 Å². The highest BCUT2D eigenvalue weighted by molar-refractivity contribution is 5.99. The van der Waals surface area contributed by atoms with E-state index in [4.69, 9.17) is 0 Å². The van der Waals surface area contributed by atoms with Crippen LogP contribution in [0.15, 0.2) is 18.2 Å². The first kappa shape index (κ1) is 13.6. The maximum atomic E-state index is 13.5. The van der Waals surface area contributed by atoms with Crippen LogP contribution in [0.2, 0.25) is 0 Å². The number of halogens is 2. The van der Waals surface area contributed by atoms with E-state index >= 15 is 0 Å². The Kier molecular flexibility index (Phi) is 4.24. The number of carbonyl (C=O) groups excluding carboxylic acids is 2. The average Bonchev–Trinajstić information content (AvgIpc) is 2.55. The smallest absolute Gasteiger partial charge is 0.222 e. The SMILES string of the molecule is O=C(CN1CCCCCC1=O)c1ccc(F)cc1F. The number of nitrogens with zero attached hydrogens (tertiary/aromatic N) is 1. The molecule has 0 radical (unpaired) electrons. The number of carbonyl (C=O) groups is 2. The summed E-state index contributed by atoms with van der Waals surface area (Å²) < 4.78 is 26.2.